The Morgan fingerprint density at radius 1 is 1.13 bits per heavy atom. The summed E-state index contributed by atoms with van der Waals surface area (Å²) in [5, 5.41) is 8.38. The number of hydrogen-bond donors (Lipinski definition) is 1. The summed E-state index contributed by atoms with van der Waals surface area (Å²) in [6.45, 7) is 3.82. The van der Waals surface area contributed by atoms with Crippen molar-refractivity contribution in [2.24, 2.45) is 0 Å². The Hall–Kier alpha value is -2.64. The first kappa shape index (κ1) is 20.6. The Morgan fingerprint density at radius 3 is 2.57 bits per heavy atom. The Labute approximate surface area is 184 Å². The van der Waals surface area contributed by atoms with E-state index in [0.29, 0.717) is 16.4 Å². The fraction of sp³-hybridized carbons (Fsp3) is 0.333. The molecule has 0 saturated carbocycles. The fourth-order valence-electron chi connectivity index (χ4n) is 3.52. The van der Waals surface area contributed by atoms with Crippen LogP contribution in [0.1, 0.15) is 25.5 Å². The summed E-state index contributed by atoms with van der Waals surface area (Å²) in [5.41, 5.74) is 1.84. The predicted octanol–water partition coefficient (Wildman–Crippen LogP) is 3.97. The smallest absolute Gasteiger partial charge is 0.292 e. The van der Waals surface area contributed by atoms with E-state index in [-0.39, 0.29) is 16.6 Å². The Balaban J connectivity index is 1.43. The van der Waals surface area contributed by atoms with Crippen LogP contribution in [-0.4, -0.2) is 38.9 Å². The number of nitrogens with zero attached hydrogens (tertiary/aromatic N) is 5. The third kappa shape index (κ3) is 4.42. The maximum absolute atomic E-state index is 12.7. The van der Waals surface area contributed by atoms with Gasteiger partial charge >= 0.3 is 0 Å². The van der Waals surface area contributed by atoms with Crippen LogP contribution >= 0.6 is 23.2 Å². The second-order valence-electron chi connectivity index (χ2n) is 7.19. The van der Waals surface area contributed by atoms with Gasteiger partial charge in [-0.25, -0.2) is 9.97 Å². The molecule has 4 rings (SSSR count). The summed E-state index contributed by atoms with van der Waals surface area (Å²) < 4.78 is 1.27. The van der Waals surface area contributed by atoms with Gasteiger partial charge in [0.2, 0.25) is 0 Å². The van der Waals surface area contributed by atoms with Crippen LogP contribution < -0.4 is 15.8 Å². The number of rotatable bonds is 5. The number of piperidine rings is 1. The Bertz CT molecular complexity index is 1080. The topological polar surface area (TPSA) is 75.9 Å². The minimum Gasteiger partial charge on any atom is -0.380 e. The minimum absolute atomic E-state index is 0.130. The van der Waals surface area contributed by atoms with E-state index in [9.17, 15) is 4.79 Å². The SMILES string of the molecule is CCc1cc(N2CCC(Nc3cnn(-c4ccc(Cl)cc4)c(=O)c3Cl)CC2)ncn1. The van der Waals surface area contributed by atoms with Crippen LogP contribution in [0.5, 0.6) is 0 Å². The van der Waals surface area contributed by atoms with Gasteiger partial charge in [-0.3, -0.25) is 4.79 Å². The van der Waals surface area contributed by atoms with Crippen molar-refractivity contribution >= 4 is 34.7 Å². The van der Waals surface area contributed by atoms with E-state index in [2.05, 4.69) is 32.2 Å². The average molecular weight is 445 g/mol. The van der Waals surface area contributed by atoms with E-state index in [0.717, 1.165) is 43.9 Å². The van der Waals surface area contributed by atoms with Crippen molar-refractivity contribution in [1.82, 2.24) is 19.7 Å². The van der Waals surface area contributed by atoms with Crippen LogP contribution in [0, 0.1) is 0 Å². The van der Waals surface area contributed by atoms with Gasteiger partial charge in [-0.2, -0.15) is 9.78 Å². The molecule has 1 aliphatic rings. The molecule has 1 aliphatic heterocycles. The Morgan fingerprint density at radius 2 is 1.87 bits per heavy atom. The molecule has 7 nitrogen and oxygen atoms in total. The molecule has 0 spiro atoms. The summed E-state index contributed by atoms with van der Waals surface area (Å²) in [7, 11) is 0. The van der Waals surface area contributed by atoms with Gasteiger partial charge < -0.3 is 10.2 Å². The number of nitrogens with one attached hydrogen (secondary N) is 1. The van der Waals surface area contributed by atoms with Crippen molar-refractivity contribution in [3.05, 3.63) is 68.9 Å². The largest absolute Gasteiger partial charge is 0.380 e. The van der Waals surface area contributed by atoms with Gasteiger partial charge in [0, 0.05) is 35.9 Å². The quantitative estimate of drug-likeness (QED) is 0.641. The highest BCUT2D eigenvalue weighted by Gasteiger charge is 2.22. The lowest BCUT2D eigenvalue weighted by Gasteiger charge is -2.33. The first-order valence-electron chi connectivity index (χ1n) is 9.91. The maximum Gasteiger partial charge on any atom is 0.292 e. The standard InChI is InChI=1S/C21H22Cl2N6O/c1-2-15-11-19(25-13-24-15)28-9-7-16(8-10-28)27-18-12-26-29(21(30)20(18)23)17-5-3-14(22)4-6-17/h3-6,11-13,16,27H,2,7-10H2,1H3. The zero-order valence-electron chi connectivity index (χ0n) is 16.6. The monoisotopic (exact) mass is 444 g/mol. The van der Waals surface area contributed by atoms with E-state index >= 15 is 0 Å². The zero-order valence-corrected chi connectivity index (χ0v) is 18.1. The summed E-state index contributed by atoms with van der Waals surface area (Å²) >= 11 is 12.3. The molecule has 156 valence electrons. The molecule has 1 saturated heterocycles. The van der Waals surface area contributed by atoms with Gasteiger partial charge in [0.15, 0.2) is 0 Å². The van der Waals surface area contributed by atoms with Crippen molar-refractivity contribution in [3.8, 4) is 5.69 Å². The molecule has 30 heavy (non-hydrogen) atoms. The van der Waals surface area contributed by atoms with Crippen molar-refractivity contribution in [2.75, 3.05) is 23.3 Å². The number of aromatic nitrogens is 4. The molecular formula is C21H22Cl2N6O. The molecule has 0 atom stereocenters. The van der Waals surface area contributed by atoms with Gasteiger partial charge in [-0.15, -0.1) is 0 Å². The number of anilines is 2. The molecule has 3 aromatic rings. The molecule has 3 heterocycles. The highest BCUT2D eigenvalue weighted by molar-refractivity contribution is 6.33. The Kier molecular flexibility index (Phi) is 6.20. The van der Waals surface area contributed by atoms with Crippen molar-refractivity contribution < 1.29 is 0 Å². The van der Waals surface area contributed by atoms with Crippen LogP contribution in [0.15, 0.2) is 47.7 Å². The van der Waals surface area contributed by atoms with E-state index < -0.39 is 0 Å². The van der Waals surface area contributed by atoms with Crippen LogP contribution in [0.2, 0.25) is 10.0 Å². The first-order chi connectivity index (χ1) is 14.5. The molecule has 1 fully saturated rings. The number of benzene rings is 1. The summed E-state index contributed by atoms with van der Waals surface area (Å²) in [6, 6.07) is 9.13. The highest BCUT2D eigenvalue weighted by atomic mass is 35.5. The average Bonchev–Trinajstić information content (AvgIpc) is 2.78. The zero-order chi connectivity index (χ0) is 21.1. The number of hydrogen-bond acceptors (Lipinski definition) is 6. The van der Waals surface area contributed by atoms with Gasteiger partial charge in [0.1, 0.15) is 17.2 Å². The fourth-order valence-corrected chi connectivity index (χ4v) is 3.83. The summed E-state index contributed by atoms with van der Waals surface area (Å²) in [5.74, 6) is 0.963. The normalized spacial score (nSPS) is 14.7. The minimum atomic E-state index is -0.366. The van der Waals surface area contributed by atoms with Crippen LogP contribution in [0.4, 0.5) is 11.5 Å². The lowest BCUT2D eigenvalue weighted by molar-refractivity contribution is 0.522. The second kappa shape index (κ2) is 9.02. The van der Waals surface area contributed by atoms with Gasteiger partial charge in [0.05, 0.1) is 17.6 Å². The molecule has 0 radical (unpaired) electrons. The molecule has 9 heteroatoms. The molecule has 1 N–H and O–H groups in total. The van der Waals surface area contributed by atoms with Crippen LogP contribution in [0.25, 0.3) is 5.69 Å². The van der Waals surface area contributed by atoms with Crippen molar-refractivity contribution in [1.29, 1.82) is 0 Å². The predicted molar refractivity (Wildman–Crippen MR) is 120 cm³/mol. The van der Waals surface area contributed by atoms with Gasteiger partial charge in [-0.1, -0.05) is 30.1 Å². The number of halogens is 2. The van der Waals surface area contributed by atoms with Crippen molar-refractivity contribution in [2.45, 2.75) is 32.2 Å². The molecule has 0 unspecified atom stereocenters. The third-order valence-corrected chi connectivity index (χ3v) is 5.86. The molecule has 1 aromatic carbocycles. The first-order valence-corrected chi connectivity index (χ1v) is 10.7. The third-order valence-electron chi connectivity index (χ3n) is 5.24. The highest BCUT2D eigenvalue weighted by Crippen LogP contribution is 2.24. The molecule has 0 bridgehead atoms. The summed E-state index contributed by atoms with van der Waals surface area (Å²) in [6.07, 6.45) is 5.92. The molecular weight excluding hydrogens is 423 g/mol. The number of aryl methyl sites for hydroxylation is 1. The lowest BCUT2D eigenvalue weighted by atomic mass is 10.0. The van der Waals surface area contributed by atoms with Crippen molar-refractivity contribution in [3.63, 3.8) is 0 Å². The van der Waals surface area contributed by atoms with Gasteiger partial charge in [-0.05, 0) is 43.5 Å². The lowest BCUT2D eigenvalue weighted by Crippen LogP contribution is -2.40. The van der Waals surface area contributed by atoms with E-state index in [4.69, 9.17) is 23.2 Å². The molecule has 2 aromatic heterocycles. The molecule has 0 amide bonds. The maximum atomic E-state index is 12.7. The summed E-state index contributed by atoms with van der Waals surface area (Å²) in [4.78, 5) is 23.6. The van der Waals surface area contributed by atoms with E-state index in [1.807, 2.05) is 6.07 Å². The molecule has 0 aliphatic carbocycles. The van der Waals surface area contributed by atoms with Gasteiger partial charge in [0.25, 0.3) is 5.56 Å². The van der Waals surface area contributed by atoms with Crippen LogP contribution in [0.3, 0.4) is 0 Å². The second-order valence-corrected chi connectivity index (χ2v) is 8.01. The van der Waals surface area contributed by atoms with Crippen LogP contribution in [-0.2, 0) is 6.42 Å². The van der Waals surface area contributed by atoms with E-state index in [1.54, 1.807) is 36.8 Å². The van der Waals surface area contributed by atoms with E-state index in [1.165, 1.54) is 4.68 Å².